The number of fused-ring (bicyclic) bond motifs is 1. The van der Waals surface area contributed by atoms with Gasteiger partial charge in [-0.1, -0.05) is 11.6 Å². The number of alkyl halides is 3. The Hall–Kier alpha value is -0.770. The van der Waals surface area contributed by atoms with Gasteiger partial charge in [-0.15, -0.1) is 0 Å². The van der Waals surface area contributed by atoms with Gasteiger partial charge in [0.05, 0.1) is 0 Å². The van der Waals surface area contributed by atoms with Crippen molar-refractivity contribution in [2.45, 2.75) is 31.9 Å². The highest BCUT2D eigenvalue weighted by Crippen LogP contribution is 2.36. The van der Waals surface area contributed by atoms with Crippen LogP contribution in [0.25, 0.3) is 0 Å². The Morgan fingerprint density at radius 1 is 1.20 bits per heavy atom. The number of aryl methyl sites for hydroxylation is 1. The van der Waals surface area contributed by atoms with Crippen LogP contribution in [0.5, 0.6) is 0 Å². The molecule has 0 aliphatic heterocycles. The van der Waals surface area contributed by atoms with Gasteiger partial charge in [0.15, 0.2) is 0 Å². The van der Waals surface area contributed by atoms with Gasteiger partial charge in [0.25, 0.3) is 0 Å². The molecule has 0 radical (unpaired) electrons. The Kier molecular flexibility index (Phi) is 2.63. The molecular formula is C10H9ClF3N. The lowest BCUT2D eigenvalue weighted by Crippen LogP contribution is -2.16. The van der Waals surface area contributed by atoms with Gasteiger partial charge in [-0.25, -0.2) is 4.98 Å². The van der Waals surface area contributed by atoms with Crippen molar-refractivity contribution in [3.63, 3.8) is 0 Å². The third-order valence-corrected chi connectivity index (χ3v) is 2.77. The van der Waals surface area contributed by atoms with E-state index in [0.29, 0.717) is 24.0 Å². The summed E-state index contributed by atoms with van der Waals surface area (Å²) >= 11 is 5.58. The lowest BCUT2D eigenvalue weighted by Gasteiger charge is -2.20. The van der Waals surface area contributed by atoms with Gasteiger partial charge in [0.1, 0.15) is 10.8 Å². The molecule has 1 aromatic rings. The third-order valence-electron chi connectivity index (χ3n) is 2.58. The van der Waals surface area contributed by atoms with Crippen molar-refractivity contribution in [3.05, 3.63) is 28.0 Å². The van der Waals surface area contributed by atoms with Crippen LogP contribution in [0.4, 0.5) is 13.2 Å². The van der Waals surface area contributed by atoms with Crippen LogP contribution in [0, 0.1) is 0 Å². The molecule has 1 nitrogen and oxygen atoms in total. The Morgan fingerprint density at radius 3 is 2.53 bits per heavy atom. The molecule has 0 amide bonds. The van der Waals surface area contributed by atoms with E-state index in [9.17, 15) is 13.2 Å². The van der Waals surface area contributed by atoms with Crippen molar-refractivity contribution < 1.29 is 13.2 Å². The third kappa shape index (κ3) is 2.09. The maximum atomic E-state index is 12.6. The molecule has 0 spiro atoms. The maximum Gasteiger partial charge on any atom is 0.433 e. The fourth-order valence-corrected chi connectivity index (χ4v) is 2.16. The van der Waals surface area contributed by atoms with Gasteiger partial charge in [0.2, 0.25) is 0 Å². The van der Waals surface area contributed by atoms with E-state index in [1.54, 1.807) is 6.07 Å². The minimum Gasteiger partial charge on any atom is -0.231 e. The van der Waals surface area contributed by atoms with Crippen LogP contribution in [0.1, 0.15) is 29.7 Å². The van der Waals surface area contributed by atoms with E-state index in [-0.39, 0.29) is 5.15 Å². The lowest BCUT2D eigenvalue weighted by molar-refractivity contribution is -0.141. The summed E-state index contributed by atoms with van der Waals surface area (Å²) in [4.78, 5) is 3.40. The average molecular weight is 236 g/mol. The van der Waals surface area contributed by atoms with Crippen molar-refractivity contribution >= 4 is 11.6 Å². The number of halogens is 4. The van der Waals surface area contributed by atoms with Gasteiger partial charge < -0.3 is 0 Å². The van der Waals surface area contributed by atoms with Crippen LogP contribution in [-0.2, 0) is 19.0 Å². The molecule has 0 saturated carbocycles. The molecule has 2 rings (SSSR count). The number of rotatable bonds is 0. The molecule has 0 saturated heterocycles. The monoisotopic (exact) mass is 235 g/mol. The molecule has 5 heteroatoms. The molecule has 15 heavy (non-hydrogen) atoms. The fourth-order valence-electron chi connectivity index (χ4n) is 1.94. The summed E-state index contributed by atoms with van der Waals surface area (Å²) < 4.78 is 37.9. The molecular weight excluding hydrogens is 227 g/mol. The normalized spacial score (nSPS) is 16.3. The second kappa shape index (κ2) is 3.67. The standard InChI is InChI=1S/C10H9ClF3N/c11-8-5-6-3-1-2-4-7(6)9(15-8)10(12,13)14/h5H,1-4H2. The van der Waals surface area contributed by atoms with Crippen LogP contribution in [0.3, 0.4) is 0 Å². The van der Waals surface area contributed by atoms with E-state index in [1.165, 1.54) is 0 Å². The lowest BCUT2D eigenvalue weighted by atomic mass is 9.91. The molecule has 1 heterocycles. The van der Waals surface area contributed by atoms with Gasteiger partial charge in [-0.3, -0.25) is 0 Å². The zero-order valence-electron chi connectivity index (χ0n) is 7.86. The Bertz CT molecular complexity index is 387. The average Bonchev–Trinajstić information content (AvgIpc) is 2.15. The highest BCUT2D eigenvalue weighted by atomic mass is 35.5. The van der Waals surface area contributed by atoms with Crippen LogP contribution in [0.15, 0.2) is 6.07 Å². The summed E-state index contributed by atoms with van der Waals surface area (Å²) in [6, 6.07) is 1.55. The molecule has 0 fully saturated rings. The topological polar surface area (TPSA) is 12.9 Å². The maximum absolute atomic E-state index is 12.6. The molecule has 1 aromatic heterocycles. The first-order chi connectivity index (χ1) is 6.98. The molecule has 0 unspecified atom stereocenters. The second-order valence-corrected chi connectivity index (χ2v) is 4.02. The van der Waals surface area contributed by atoms with Crippen LogP contribution < -0.4 is 0 Å². The number of hydrogen-bond donors (Lipinski definition) is 0. The first-order valence-electron chi connectivity index (χ1n) is 4.74. The Morgan fingerprint density at radius 2 is 1.87 bits per heavy atom. The second-order valence-electron chi connectivity index (χ2n) is 3.64. The number of pyridine rings is 1. The summed E-state index contributed by atoms with van der Waals surface area (Å²) in [6.07, 6.45) is -1.56. The van der Waals surface area contributed by atoms with Gasteiger partial charge >= 0.3 is 6.18 Å². The van der Waals surface area contributed by atoms with Crippen LogP contribution >= 0.6 is 11.6 Å². The Labute approximate surface area is 90.3 Å². The molecule has 0 N–H and O–H groups in total. The van der Waals surface area contributed by atoms with Crippen molar-refractivity contribution in [2.75, 3.05) is 0 Å². The number of hydrogen-bond acceptors (Lipinski definition) is 1. The number of nitrogens with zero attached hydrogens (tertiary/aromatic N) is 1. The van der Waals surface area contributed by atoms with Gasteiger partial charge in [0, 0.05) is 0 Å². The molecule has 0 aromatic carbocycles. The Balaban J connectivity index is 2.58. The predicted octanol–water partition coefficient (Wildman–Crippen LogP) is 3.63. The van der Waals surface area contributed by atoms with E-state index < -0.39 is 11.9 Å². The van der Waals surface area contributed by atoms with E-state index in [0.717, 1.165) is 12.8 Å². The minimum absolute atomic E-state index is 0.0667. The zero-order valence-corrected chi connectivity index (χ0v) is 8.62. The van der Waals surface area contributed by atoms with Crippen molar-refractivity contribution in [1.82, 2.24) is 4.98 Å². The summed E-state index contributed by atoms with van der Waals surface area (Å²) in [5.41, 5.74) is 0.233. The predicted molar refractivity (Wildman–Crippen MR) is 50.9 cm³/mol. The van der Waals surface area contributed by atoms with Crippen molar-refractivity contribution in [1.29, 1.82) is 0 Å². The smallest absolute Gasteiger partial charge is 0.231 e. The molecule has 1 aliphatic rings. The summed E-state index contributed by atoms with van der Waals surface area (Å²) in [5.74, 6) is 0. The van der Waals surface area contributed by atoms with E-state index in [1.807, 2.05) is 0 Å². The minimum atomic E-state index is -4.40. The van der Waals surface area contributed by atoms with Crippen molar-refractivity contribution in [2.24, 2.45) is 0 Å². The summed E-state index contributed by atoms with van der Waals surface area (Å²) in [5, 5.41) is -0.0667. The highest BCUT2D eigenvalue weighted by molar-refractivity contribution is 6.29. The summed E-state index contributed by atoms with van der Waals surface area (Å²) in [7, 11) is 0. The van der Waals surface area contributed by atoms with Crippen LogP contribution in [-0.4, -0.2) is 4.98 Å². The molecule has 1 aliphatic carbocycles. The molecule has 0 bridgehead atoms. The fraction of sp³-hybridized carbons (Fsp3) is 0.500. The molecule has 82 valence electrons. The first kappa shape index (κ1) is 10.7. The zero-order chi connectivity index (χ0) is 11.1. The van der Waals surface area contributed by atoms with Gasteiger partial charge in [-0.2, -0.15) is 13.2 Å². The highest BCUT2D eigenvalue weighted by Gasteiger charge is 2.37. The van der Waals surface area contributed by atoms with Crippen molar-refractivity contribution in [3.8, 4) is 0 Å². The first-order valence-corrected chi connectivity index (χ1v) is 5.12. The van der Waals surface area contributed by atoms with Gasteiger partial charge in [-0.05, 0) is 42.9 Å². The largest absolute Gasteiger partial charge is 0.433 e. The van der Waals surface area contributed by atoms with E-state index >= 15 is 0 Å². The van der Waals surface area contributed by atoms with E-state index in [4.69, 9.17) is 11.6 Å². The summed E-state index contributed by atoms with van der Waals surface area (Å²) in [6.45, 7) is 0. The van der Waals surface area contributed by atoms with Crippen LogP contribution in [0.2, 0.25) is 5.15 Å². The number of aromatic nitrogens is 1. The quantitative estimate of drug-likeness (QED) is 0.626. The van der Waals surface area contributed by atoms with E-state index in [2.05, 4.69) is 4.98 Å². The SMILES string of the molecule is FC(F)(F)c1nc(Cl)cc2c1CCCC2. The molecule has 0 atom stereocenters.